The van der Waals surface area contributed by atoms with Crippen LogP contribution < -0.4 is 5.32 Å². The van der Waals surface area contributed by atoms with Gasteiger partial charge in [-0.1, -0.05) is 28.1 Å². The van der Waals surface area contributed by atoms with Crippen LogP contribution >= 0.6 is 15.9 Å². The van der Waals surface area contributed by atoms with Gasteiger partial charge in [0.25, 0.3) is 0 Å². The summed E-state index contributed by atoms with van der Waals surface area (Å²) in [6, 6.07) is 7.91. The number of halogens is 1. The molecule has 0 amide bonds. The summed E-state index contributed by atoms with van der Waals surface area (Å²) in [6.45, 7) is 0.546. The molecule has 0 saturated carbocycles. The number of nitrogens with zero attached hydrogens (tertiary/aromatic N) is 2. The number of aromatic nitrogens is 2. The monoisotopic (exact) mass is 335 g/mol. The maximum atomic E-state index is 10.4. The van der Waals surface area contributed by atoms with Crippen LogP contribution in [0, 0.1) is 0 Å². The van der Waals surface area contributed by atoms with Gasteiger partial charge in [0.05, 0.1) is 0 Å². The van der Waals surface area contributed by atoms with Crippen molar-refractivity contribution in [2.75, 3.05) is 11.9 Å². The number of benzene rings is 1. The summed E-state index contributed by atoms with van der Waals surface area (Å²) in [4.78, 5) is 18.8. The van der Waals surface area contributed by atoms with Crippen LogP contribution in [0.15, 0.2) is 41.1 Å². The molecule has 0 aliphatic rings. The zero-order valence-electron chi connectivity index (χ0n) is 10.7. The topological polar surface area (TPSA) is 75.1 Å². The van der Waals surface area contributed by atoms with Crippen LogP contribution in [0.25, 0.3) is 11.1 Å². The SMILES string of the molecule is O=C(O)CCCNc1ncc(-c2ccc(Br)cc2)cn1. The quantitative estimate of drug-likeness (QED) is 0.793. The molecule has 0 bridgehead atoms. The summed E-state index contributed by atoms with van der Waals surface area (Å²) in [5.41, 5.74) is 1.99. The van der Waals surface area contributed by atoms with E-state index in [4.69, 9.17) is 5.11 Å². The average molecular weight is 336 g/mol. The Kier molecular flexibility index (Phi) is 5.06. The maximum absolute atomic E-state index is 10.4. The molecule has 2 rings (SSSR count). The van der Waals surface area contributed by atoms with Gasteiger partial charge in [-0.2, -0.15) is 0 Å². The van der Waals surface area contributed by atoms with E-state index in [9.17, 15) is 4.79 Å². The van der Waals surface area contributed by atoms with Gasteiger partial charge in [-0.05, 0) is 24.1 Å². The Bertz CT molecular complexity index is 570. The molecule has 104 valence electrons. The number of aliphatic carboxylic acids is 1. The van der Waals surface area contributed by atoms with E-state index >= 15 is 0 Å². The lowest BCUT2D eigenvalue weighted by Crippen LogP contribution is -2.07. The largest absolute Gasteiger partial charge is 0.481 e. The van der Waals surface area contributed by atoms with Crippen molar-refractivity contribution in [3.05, 3.63) is 41.1 Å². The first-order chi connectivity index (χ1) is 9.65. The predicted molar refractivity (Wildman–Crippen MR) is 80.5 cm³/mol. The number of carboxylic acid groups (broad SMARTS) is 1. The van der Waals surface area contributed by atoms with Crippen LogP contribution in [0.1, 0.15) is 12.8 Å². The molecule has 0 spiro atoms. The van der Waals surface area contributed by atoms with Crippen molar-refractivity contribution >= 4 is 27.8 Å². The lowest BCUT2D eigenvalue weighted by atomic mass is 10.1. The summed E-state index contributed by atoms with van der Waals surface area (Å²) in [5, 5.41) is 11.5. The second-order valence-corrected chi connectivity index (χ2v) is 5.14. The van der Waals surface area contributed by atoms with Crippen molar-refractivity contribution in [3.63, 3.8) is 0 Å². The van der Waals surface area contributed by atoms with Crippen LogP contribution in [0.2, 0.25) is 0 Å². The zero-order chi connectivity index (χ0) is 14.4. The molecule has 1 aromatic carbocycles. The van der Waals surface area contributed by atoms with Gasteiger partial charge in [0, 0.05) is 35.4 Å². The summed E-state index contributed by atoms with van der Waals surface area (Å²) >= 11 is 3.39. The minimum absolute atomic E-state index is 0.143. The maximum Gasteiger partial charge on any atom is 0.303 e. The first kappa shape index (κ1) is 14.5. The first-order valence-electron chi connectivity index (χ1n) is 6.19. The Labute approximate surface area is 125 Å². The number of anilines is 1. The second kappa shape index (κ2) is 7.00. The first-order valence-corrected chi connectivity index (χ1v) is 6.98. The standard InChI is InChI=1S/C14H14BrN3O2/c15-12-5-3-10(4-6-12)11-8-17-14(18-9-11)16-7-1-2-13(19)20/h3-6,8-9H,1-2,7H2,(H,19,20)(H,16,17,18). The highest BCUT2D eigenvalue weighted by Gasteiger charge is 2.01. The average Bonchev–Trinajstić information content (AvgIpc) is 2.45. The van der Waals surface area contributed by atoms with Crippen LogP contribution in [-0.4, -0.2) is 27.6 Å². The number of nitrogens with one attached hydrogen (secondary N) is 1. The van der Waals surface area contributed by atoms with E-state index < -0.39 is 5.97 Å². The molecule has 1 aromatic heterocycles. The molecule has 0 unspecified atom stereocenters. The van der Waals surface area contributed by atoms with Crippen molar-refractivity contribution in [2.24, 2.45) is 0 Å². The Morgan fingerprint density at radius 3 is 2.40 bits per heavy atom. The molecule has 0 atom stereocenters. The number of rotatable bonds is 6. The van der Waals surface area contributed by atoms with Gasteiger partial charge in [-0.3, -0.25) is 4.79 Å². The van der Waals surface area contributed by atoms with E-state index in [1.54, 1.807) is 12.4 Å². The second-order valence-electron chi connectivity index (χ2n) is 4.23. The lowest BCUT2D eigenvalue weighted by molar-refractivity contribution is -0.137. The molecular formula is C14H14BrN3O2. The molecule has 6 heteroatoms. The highest BCUT2D eigenvalue weighted by atomic mass is 79.9. The Balaban J connectivity index is 1.92. The third kappa shape index (κ3) is 4.31. The van der Waals surface area contributed by atoms with Crippen LogP contribution in [0.4, 0.5) is 5.95 Å². The van der Waals surface area contributed by atoms with Gasteiger partial charge in [0.2, 0.25) is 5.95 Å². The minimum Gasteiger partial charge on any atom is -0.481 e. The van der Waals surface area contributed by atoms with Crippen molar-refractivity contribution < 1.29 is 9.90 Å². The molecule has 0 aliphatic heterocycles. The molecule has 0 fully saturated rings. The van der Waals surface area contributed by atoms with Gasteiger partial charge < -0.3 is 10.4 Å². The lowest BCUT2D eigenvalue weighted by Gasteiger charge is -2.05. The molecule has 0 aliphatic carbocycles. The fraction of sp³-hybridized carbons (Fsp3) is 0.214. The molecule has 1 heterocycles. The molecule has 2 N–H and O–H groups in total. The van der Waals surface area contributed by atoms with Gasteiger partial charge in [-0.15, -0.1) is 0 Å². The van der Waals surface area contributed by atoms with E-state index in [2.05, 4.69) is 31.2 Å². The summed E-state index contributed by atoms with van der Waals surface area (Å²) in [6.07, 6.45) is 4.18. The zero-order valence-corrected chi connectivity index (χ0v) is 12.3. The molecule has 20 heavy (non-hydrogen) atoms. The predicted octanol–water partition coefficient (Wildman–Crippen LogP) is 3.18. The smallest absolute Gasteiger partial charge is 0.303 e. The fourth-order valence-electron chi connectivity index (χ4n) is 1.65. The van der Waals surface area contributed by atoms with E-state index in [0.29, 0.717) is 18.9 Å². The van der Waals surface area contributed by atoms with Crippen molar-refractivity contribution in [2.45, 2.75) is 12.8 Å². The third-order valence-corrected chi connectivity index (χ3v) is 3.21. The van der Waals surface area contributed by atoms with Gasteiger partial charge in [0.1, 0.15) is 0 Å². The van der Waals surface area contributed by atoms with E-state index in [1.807, 2.05) is 24.3 Å². The number of hydrogen-bond acceptors (Lipinski definition) is 4. The highest BCUT2D eigenvalue weighted by molar-refractivity contribution is 9.10. The molecular weight excluding hydrogens is 322 g/mol. The van der Waals surface area contributed by atoms with Gasteiger partial charge in [0.15, 0.2) is 0 Å². The summed E-state index contributed by atoms with van der Waals surface area (Å²) in [7, 11) is 0. The normalized spacial score (nSPS) is 10.2. The van der Waals surface area contributed by atoms with Crippen LogP contribution in [0.3, 0.4) is 0 Å². The Morgan fingerprint density at radius 2 is 1.80 bits per heavy atom. The third-order valence-electron chi connectivity index (χ3n) is 2.68. The van der Waals surface area contributed by atoms with E-state index in [1.165, 1.54) is 0 Å². The van der Waals surface area contributed by atoms with Crippen molar-refractivity contribution in [3.8, 4) is 11.1 Å². The molecule has 0 saturated heterocycles. The van der Waals surface area contributed by atoms with E-state index in [0.717, 1.165) is 15.6 Å². The minimum atomic E-state index is -0.793. The van der Waals surface area contributed by atoms with Crippen molar-refractivity contribution in [1.82, 2.24) is 9.97 Å². The highest BCUT2D eigenvalue weighted by Crippen LogP contribution is 2.20. The summed E-state index contributed by atoms with van der Waals surface area (Å²) < 4.78 is 1.03. The fourth-order valence-corrected chi connectivity index (χ4v) is 1.91. The molecule has 0 radical (unpaired) electrons. The van der Waals surface area contributed by atoms with Crippen molar-refractivity contribution in [1.29, 1.82) is 0 Å². The Hall–Kier alpha value is -1.95. The van der Waals surface area contributed by atoms with Gasteiger partial charge in [-0.25, -0.2) is 9.97 Å². The molecule has 5 nitrogen and oxygen atoms in total. The Morgan fingerprint density at radius 1 is 1.15 bits per heavy atom. The van der Waals surface area contributed by atoms with Crippen LogP contribution in [-0.2, 0) is 4.79 Å². The molecule has 2 aromatic rings. The number of carboxylic acids is 1. The number of hydrogen-bond donors (Lipinski definition) is 2. The van der Waals surface area contributed by atoms with E-state index in [-0.39, 0.29) is 6.42 Å². The van der Waals surface area contributed by atoms with Gasteiger partial charge >= 0.3 is 5.97 Å². The summed E-state index contributed by atoms with van der Waals surface area (Å²) in [5.74, 6) is -0.283. The van der Waals surface area contributed by atoms with Crippen LogP contribution in [0.5, 0.6) is 0 Å². The number of carbonyl (C=O) groups is 1.